The van der Waals surface area contributed by atoms with Gasteiger partial charge in [-0.3, -0.25) is 0 Å². The average molecular weight is 357 g/mol. The Morgan fingerprint density at radius 1 is 1.12 bits per heavy atom. The van der Waals surface area contributed by atoms with Crippen molar-refractivity contribution in [3.05, 3.63) is 35.5 Å². The predicted octanol–water partition coefficient (Wildman–Crippen LogP) is 2.12. The van der Waals surface area contributed by atoms with E-state index in [-0.39, 0.29) is 18.9 Å². The fourth-order valence-electron chi connectivity index (χ4n) is 1.94. The lowest BCUT2D eigenvalue weighted by molar-refractivity contribution is -0.222. The molecule has 1 aromatic rings. The molecule has 0 bridgehead atoms. The lowest BCUT2D eigenvalue weighted by Crippen LogP contribution is -2.42. The standard InChI is InChI=1S/C16H17F2NO6/c1-16(2)24-14(20)10(15(21)25-16)8-19-9-6-11(17)13(12(18)7-9)23-5-4-22-3/h6-8,19H,4-5H2,1-3H3. The second-order valence-corrected chi connectivity index (χ2v) is 5.49. The van der Waals surface area contributed by atoms with E-state index in [0.717, 1.165) is 18.3 Å². The number of ether oxygens (including phenoxy) is 4. The van der Waals surface area contributed by atoms with E-state index in [9.17, 15) is 18.4 Å². The van der Waals surface area contributed by atoms with Crippen molar-refractivity contribution in [3.8, 4) is 5.75 Å². The lowest BCUT2D eigenvalue weighted by Gasteiger charge is -2.29. The van der Waals surface area contributed by atoms with Gasteiger partial charge in [-0.2, -0.15) is 0 Å². The van der Waals surface area contributed by atoms with Gasteiger partial charge in [-0.15, -0.1) is 0 Å². The summed E-state index contributed by atoms with van der Waals surface area (Å²) in [6, 6.07) is 1.90. The molecule has 25 heavy (non-hydrogen) atoms. The first-order chi connectivity index (χ1) is 11.7. The molecule has 1 aromatic carbocycles. The summed E-state index contributed by atoms with van der Waals surface area (Å²) in [6.45, 7) is 2.96. The number of cyclic esters (lactones) is 2. The number of halogens is 2. The van der Waals surface area contributed by atoms with Crippen molar-refractivity contribution in [2.24, 2.45) is 0 Å². The highest BCUT2D eigenvalue weighted by Gasteiger charge is 2.38. The van der Waals surface area contributed by atoms with Crippen molar-refractivity contribution in [2.75, 3.05) is 25.6 Å². The van der Waals surface area contributed by atoms with Crippen LogP contribution in [-0.2, 0) is 23.8 Å². The first kappa shape index (κ1) is 18.7. The Kier molecular flexibility index (Phi) is 5.58. The highest BCUT2D eigenvalue weighted by molar-refractivity contribution is 6.15. The van der Waals surface area contributed by atoms with Crippen LogP contribution in [0.3, 0.4) is 0 Å². The summed E-state index contributed by atoms with van der Waals surface area (Å²) in [4.78, 5) is 23.5. The molecule has 2 rings (SSSR count). The molecule has 1 aliphatic heterocycles. The largest absolute Gasteiger partial charge is 0.485 e. The number of rotatable bonds is 6. The Hall–Kier alpha value is -2.68. The van der Waals surface area contributed by atoms with Gasteiger partial charge in [-0.25, -0.2) is 18.4 Å². The molecule has 1 saturated heterocycles. The Morgan fingerprint density at radius 2 is 1.68 bits per heavy atom. The van der Waals surface area contributed by atoms with Gasteiger partial charge in [0.05, 0.1) is 6.61 Å². The van der Waals surface area contributed by atoms with Gasteiger partial charge in [-0.05, 0) is 0 Å². The summed E-state index contributed by atoms with van der Waals surface area (Å²) in [5.74, 6) is -5.64. The summed E-state index contributed by atoms with van der Waals surface area (Å²) in [5.41, 5.74) is -0.465. The van der Waals surface area contributed by atoms with Crippen LogP contribution in [0.5, 0.6) is 5.75 Å². The van der Waals surface area contributed by atoms with Crippen LogP contribution in [0.1, 0.15) is 13.8 Å². The molecule has 0 spiro atoms. The Morgan fingerprint density at radius 3 is 2.20 bits per heavy atom. The second kappa shape index (κ2) is 7.47. The minimum absolute atomic E-state index is 0.0192. The number of esters is 2. The first-order valence-corrected chi connectivity index (χ1v) is 7.27. The second-order valence-electron chi connectivity index (χ2n) is 5.49. The normalized spacial score (nSPS) is 16.1. The third kappa shape index (κ3) is 4.66. The summed E-state index contributed by atoms with van der Waals surface area (Å²) < 4.78 is 47.3. The molecule has 0 saturated carbocycles. The molecule has 0 atom stereocenters. The van der Waals surface area contributed by atoms with E-state index in [4.69, 9.17) is 18.9 Å². The van der Waals surface area contributed by atoms with Crippen molar-refractivity contribution < 1.29 is 37.3 Å². The maximum absolute atomic E-state index is 13.9. The molecule has 0 aliphatic carbocycles. The van der Waals surface area contributed by atoms with Gasteiger partial charge in [0, 0.05) is 45.0 Å². The minimum atomic E-state index is -1.37. The number of carbonyl (C=O) groups excluding carboxylic acids is 2. The SMILES string of the molecule is COCCOc1c(F)cc(NC=C2C(=O)OC(C)(C)OC2=O)cc1F. The van der Waals surface area contributed by atoms with Crippen molar-refractivity contribution in [2.45, 2.75) is 19.6 Å². The fraction of sp³-hybridized carbons (Fsp3) is 0.375. The number of carbonyl (C=O) groups is 2. The van der Waals surface area contributed by atoms with Gasteiger partial charge in [0.15, 0.2) is 23.0 Å². The summed E-state index contributed by atoms with van der Waals surface area (Å²) >= 11 is 0. The third-order valence-corrected chi connectivity index (χ3v) is 3.03. The maximum atomic E-state index is 13.9. The molecule has 136 valence electrons. The van der Waals surface area contributed by atoms with E-state index in [1.165, 1.54) is 21.0 Å². The Bertz CT molecular complexity index is 672. The van der Waals surface area contributed by atoms with E-state index in [2.05, 4.69) is 5.32 Å². The molecule has 1 N–H and O–H groups in total. The van der Waals surface area contributed by atoms with Crippen LogP contribution in [0, 0.1) is 11.6 Å². The summed E-state index contributed by atoms with van der Waals surface area (Å²) in [7, 11) is 1.43. The molecule has 0 aromatic heterocycles. The Labute approximate surface area is 142 Å². The quantitative estimate of drug-likeness (QED) is 0.361. The molecule has 0 radical (unpaired) electrons. The lowest BCUT2D eigenvalue weighted by atomic mass is 10.2. The van der Waals surface area contributed by atoms with E-state index >= 15 is 0 Å². The smallest absolute Gasteiger partial charge is 0.350 e. The predicted molar refractivity (Wildman–Crippen MR) is 81.7 cm³/mol. The molecule has 0 unspecified atom stereocenters. The van der Waals surface area contributed by atoms with Crippen molar-refractivity contribution in [1.29, 1.82) is 0 Å². The number of nitrogens with one attached hydrogen (secondary N) is 1. The number of anilines is 1. The Balaban J connectivity index is 2.13. The van der Waals surface area contributed by atoms with Crippen LogP contribution < -0.4 is 10.1 Å². The molecule has 1 fully saturated rings. The minimum Gasteiger partial charge on any atom is -0.485 e. The highest BCUT2D eigenvalue weighted by Crippen LogP contribution is 2.27. The van der Waals surface area contributed by atoms with Crippen LogP contribution in [0.4, 0.5) is 14.5 Å². The van der Waals surface area contributed by atoms with E-state index in [0.29, 0.717) is 0 Å². The first-order valence-electron chi connectivity index (χ1n) is 7.27. The van der Waals surface area contributed by atoms with Crippen LogP contribution in [0.15, 0.2) is 23.9 Å². The van der Waals surface area contributed by atoms with Gasteiger partial charge in [0.1, 0.15) is 6.61 Å². The zero-order valence-corrected chi connectivity index (χ0v) is 13.9. The topological polar surface area (TPSA) is 83.1 Å². The van der Waals surface area contributed by atoms with Gasteiger partial charge in [0.2, 0.25) is 0 Å². The van der Waals surface area contributed by atoms with Gasteiger partial charge in [0.25, 0.3) is 5.79 Å². The number of hydrogen-bond acceptors (Lipinski definition) is 7. The fourth-order valence-corrected chi connectivity index (χ4v) is 1.94. The molecule has 9 heteroatoms. The molecular weight excluding hydrogens is 340 g/mol. The average Bonchev–Trinajstić information content (AvgIpc) is 2.48. The van der Waals surface area contributed by atoms with Crippen molar-refractivity contribution in [3.63, 3.8) is 0 Å². The zero-order valence-electron chi connectivity index (χ0n) is 13.9. The van der Waals surface area contributed by atoms with Crippen molar-refractivity contribution in [1.82, 2.24) is 0 Å². The third-order valence-electron chi connectivity index (χ3n) is 3.03. The van der Waals surface area contributed by atoms with E-state index in [1.54, 1.807) is 0 Å². The highest BCUT2D eigenvalue weighted by atomic mass is 19.1. The van der Waals surface area contributed by atoms with Crippen LogP contribution in [0.2, 0.25) is 0 Å². The molecule has 1 aliphatic rings. The van der Waals surface area contributed by atoms with Crippen LogP contribution in [0.25, 0.3) is 0 Å². The van der Waals surface area contributed by atoms with E-state index in [1.807, 2.05) is 0 Å². The molecule has 1 heterocycles. The zero-order chi connectivity index (χ0) is 18.6. The monoisotopic (exact) mass is 357 g/mol. The van der Waals surface area contributed by atoms with Crippen LogP contribution >= 0.6 is 0 Å². The number of benzene rings is 1. The van der Waals surface area contributed by atoms with Gasteiger partial charge in [-0.1, -0.05) is 0 Å². The summed E-state index contributed by atoms with van der Waals surface area (Å²) in [5, 5.41) is 2.45. The summed E-state index contributed by atoms with van der Waals surface area (Å²) in [6.07, 6.45) is 0.958. The molecule has 0 amide bonds. The van der Waals surface area contributed by atoms with Gasteiger partial charge < -0.3 is 24.3 Å². The van der Waals surface area contributed by atoms with E-state index < -0.39 is 40.7 Å². The molecular formula is C16H17F2NO6. The van der Waals surface area contributed by atoms with Crippen molar-refractivity contribution >= 4 is 17.6 Å². The molecule has 7 nitrogen and oxygen atoms in total. The van der Waals surface area contributed by atoms with Gasteiger partial charge >= 0.3 is 11.9 Å². The number of hydrogen-bond donors (Lipinski definition) is 1. The van der Waals surface area contributed by atoms with Crippen LogP contribution in [-0.4, -0.2) is 38.0 Å². The number of methoxy groups -OCH3 is 1. The maximum Gasteiger partial charge on any atom is 0.350 e.